The molecule has 1 saturated heterocycles. The number of rotatable bonds is 6. The van der Waals surface area contributed by atoms with Gasteiger partial charge in [0.2, 0.25) is 10.0 Å². The van der Waals surface area contributed by atoms with E-state index < -0.39 is 33.9 Å². The van der Waals surface area contributed by atoms with Gasteiger partial charge in [-0.15, -0.1) is 0 Å². The van der Waals surface area contributed by atoms with Crippen molar-refractivity contribution >= 4 is 21.9 Å². The zero-order valence-corrected chi connectivity index (χ0v) is 16.1. The number of nitrogens with one attached hydrogen (secondary N) is 1. The fourth-order valence-corrected chi connectivity index (χ4v) is 4.52. The van der Waals surface area contributed by atoms with E-state index in [9.17, 15) is 18.0 Å². The summed E-state index contributed by atoms with van der Waals surface area (Å²) >= 11 is 0. The van der Waals surface area contributed by atoms with Gasteiger partial charge in [-0.25, -0.2) is 8.42 Å². The molecular formula is C18H26N2O5S. The van der Waals surface area contributed by atoms with Crippen LogP contribution < -0.4 is 5.32 Å². The number of benzene rings is 1. The lowest BCUT2D eigenvalue weighted by molar-refractivity contribution is -0.141. The van der Waals surface area contributed by atoms with Crippen molar-refractivity contribution in [1.29, 1.82) is 0 Å². The molecule has 8 heteroatoms. The standard InChI is InChI=1S/C18H26N2O5S/c1-12-5-4-10-20(11-12)26(24,25)16-8-6-15(7-9-16)17(21)19-14(3)13(2)18(22)23/h6-9,12-14H,4-5,10-11H2,1-3H3,(H,19,21)(H,22,23). The molecule has 1 heterocycles. The number of amides is 1. The van der Waals surface area contributed by atoms with Crippen LogP contribution in [0.5, 0.6) is 0 Å². The molecule has 2 rings (SSSR count). The summed E-state index contributed by atoms with van der Waals surface area (Å²) in [4.78, 5) is 23.4. The van der Waals surface area contributed by atoms with E-state index in [-0.39, 0.29) is 4.90 Å². The molecule has 2 N–H and O–H groups in total. The maximum Gasteiger partial charge on any atom is 0.308 e. The van der Waals surface area contributed by atoms with Crippen molar-refractivity contribution in [3.63, 3.8) is 0 Å². The summed E-state index contributed by atoms with van der Waals surface area (Å²) in [5.74, 6) is -1.81. The maximum absolute atomic E-state index is 12.7. The van der Waals surface area contributed by atoms with Crippen LogP contribution in [0.3, 0.4) is 0 Å². The van der Waals surface area contributed by atoms with Gasteiger partial charge >= 0.3 is 5.97 Å². The summed E-state index contributed by atoms with van der Waals surface area (Å²) in [6, 6.07) is 5.21. The monoisotopic (exact) mass is 382 g/mol. The van der Waals surface area contributed by atoms with Crippen molar-refractivity contribution in [2.24, 2.45) is 11.8 Å². The highest BCUT2D eigenvalue weighted by molar-refractivity contribution is 7.89. The van der Waals surface area contributed by atoms with Gasteiger partial charge in [0, 0.05) is 24.7 Å². The van der Waals surface area contributed by atoms with E-state index >= 15 is 0 Å². The number of carboxylic acid groups (broad SMARTS) is 1. The van der Waals surface area contributed by atoms with Gasteiger partial charge in [0.25, 0.3) is 5.91 Å². The molecular weight excluding hydrogens is 356 g/mol. The fraction of sp³-hybridized carbons (Fsp3) is 0.556. The molecule has 0 radical (unpaired) electrons. The first-order valence-electron chi connectivity index (χ1n) is 8.76. The Hall–Kier alpha value is -1.93. The number of carboxylic acids is 1. The quantitative estimate of drug-likeness (QED) is 0.783. The van der Waals surface area contributed by atoms with Crippen LogP contribution in [0.2, 0.25) is 0 Å². The van der Waals surface area contributed by atoms with Gasteiger partial charge in [-0.05, 0) is 56.9 Å². The van der Waals surface area contributed by atoms with Crippen LogP contribution in [0.15, 0.2) is 29.2 Å². The number of sulfonamides is 1. The first-order valence-corrected chi connectivity index (χ1v) is 10.2. The van der Waals surface area contributed by atoms with E-state index in [0.29, 0.717) is 24.6 Å². The van der Waals surface area contributed by atoms with Crippen molar-refractivity contribution in [1.82, 2.24) is 9.62 Å². The molecule has 3 unspecified atom stereocenters. The highest BCUT2D eigenvalue weighted by atomic mass is 32.2. The van der Waals surface area contributed by atoms with Crippen LogP contribution in [0.4, 0.5) is 0 Å². The second-order valence-electron chi connectivity index (χ2n) is 7.02. The number of hydrogen-bond acceptors (Lipinski definition) is 4. The minimum Gasteiger partial charge on any atom is -0.481 e. The highest BCUT2D eigenvalue weighted by Gasteiger charge is 2.29. The third-order valence-electron chi connectivity index (χ3n) is 4.87. The molecule has 7 nitrogen and oxygen atoms in total. The number of aliphatic carboxylic acids is 1. The van der Waals surface area contributed by atoms with Gasteiger partial charge in [-0.1, -0.05) is 6.92 Å². The van der Waals surface area contributed by atoms with Gasteiger partial charge in [0.1, 0.15) is 0 Å². The summed E-state index contributed by atoms with van der Waals surface area (Å²) in [7, 11) is -3.56. The van der Waals surface area contributed by atoms with Crippen molar-refractivity contribution in [2.75, 3.05) is 13.1 Å². The third-order valence-corrected chi connectivity index (χ3v) is 6.75. The van der Waals surface area contributed by atoms with Gasteiger partial charge in [0.05, 0.1) is 10.8 Å². The molecule has 1 aliphatic heterocycles. The second kappa shape index (κ2) is 8.18. The predicted octanol–water partition coefficient (Wildman–Crippen LogP) is 1.95. The molecule has 0 spiro atoms. The Labute approximate surface area is 154 Å². The minimum atomic E-state index is -3.56. The van der Waals surface area contributed by atoms with Gasteiger partial charge < -0.3 is 10.4 Å². The summed E-state index contributed by atoms with van der Waals surface area (Å²) < 4.78 is 26.9. The summed E-state index contributed by atoms with van der Waals surface area (Å²) in [6.45, 7) is 6.19. The molecule has 1 amide bonds. The zero-order chi connectivity index (χ0) is 19.5. The Kier molecular flexibility index (Phi) is 6.41. The lowest BCUT2D eigenvalue weighted by Gasteiger charge is -2.30. The molecule has 0 aliphatic carbocycles. The van der Waals surface area contributed by atoms with E-state index in [1.165, 1.54) is 35.5 Å². The molecule has 0 saturated carbocycles. The van der Waals surface area contributed by atoms with Crippen LogP contribution in [0.1, 0.15) is 44.0 Å². The molecule has 26 heavy (non-hydrogen) atoms. The average molecular weight is 382 g/mol. The van der Waals surface area contributed by atoms with E-state index in [0.717, 1.165) is 12.8 Å². The highest BCUT2D eigenvalue weighted by Crippen LogP contribution is 2.23. The van der Waals surface area contributed by atoms with E-state index in [1.807, 2.05) is 6.92 Å². The molecule has 144 valence electrons. The van der Waals surface area contributed by atoms with Crippen LogP contribution >= 0.6 is 0 Å². The lowest BCUT2D eigenvalue weighted by Crippen LogP contribution is -2.40. The maximum atomic E-state index is 12.7. The number of piperidine rings is 1. The van der Waals surface area contributed by atoms with Crippen LogP contribution in [0.25, 0.3) is 0 Å². The van der Waals surface area contributed by atoms with Crippen molar-refractivity contribution < 1.29 is 23.1 Å². The van der Waals surface area contributed by atoms with Crippen LogP contribution in [-0.2, 0) is 14.8 Å². The molecule has 1 aromatic rings. The van der Waals surface area contributed by atoms with Crippen molar-refractivity contribution in [2.45, 2.75) is 44.6 Å². The fourth-order valence-electron chi connectivity index (χ4n) is 2.92. The Bertz CT molecular complexity index is 760. The number of hydrogen-bond donors (Lipinski definition) is 2. The minimum absolute atomic E-state index is 0.162. The van der Waals surface area contributed by atoms with Gasteiger partial charge in [-0.3, -0.25) is 9.59 Å². The molecule has 0 aromatic heterocycles. The largest absolute Gasteiger partial charge is 0.481 e. The topological polar surface area (TPSA) is 104 Å². The van der Waals surface area contributed by atoms with E-state index in [2.05, 4.69) is 5.32 Å². The predicted molar refractivity (Wildman–Crippen MR) is 97.3 cm³/mol. The number of carbonyl (C=O) groups is 2. The van der Waals surface area contributed by atoms with E-state index in [4.69, 9.17) is 5.11 Å². The first-order chi connectivity index (χ1) is 12.1. The summed E-state index contributed by atoms with van der Waals surface area (Å²) in [6.07, 6.45) is 1.87. The summed E-state index contributed by atoms with van der Waals surface area (Å²) in [5, 5.41) is 11.6. The molecule has 3 atom stereocenters. The summed E-state index contributed by atoms with van der Waals surface area (Å²) in [5.41, 5.74) is 0.292. The van der Waals surface area contributed by atoms with Crippen LogP contribution in [-0.4, -0.2) is 48.8 Å². The second-order valence-corrected chi connectivity index (χ2v) is 8.96. The van der Waals surface area contributed by atoms with E-state index in [1.54, 1.807) is 6.92 Å². The smallest absolute Gasteiger partial charge is 0.308 e. The third kappa shape index (κ3) is 4.62. The van der Waals surface area contributed by atoms with Gasteiger partial charge in [0.15, 0.2) is 0 Å². The molecule has 1 fully saturated rings. The Balaban J connectivity index is 2.10. The van der Waals surface area contributed by atoms with Gasteiger partial charge in [-0.2, -0.15) is 4.31 Å². The Morgan fingerprint density at radius 2 is 1.85 bits per heavy atom. The molecule has 1 aliphatic rings. The number of nitrogens with zero attached hydrogens (tertiary/aromatic N) is 1. The molecule has 0 bridgehead atoms. The van der Waals surface area contributed by atoms with Crippen molar-refractivity contribution in [3.8, 4) is 0 Å². The number of carbonyl (C=O) groups excluding carboxylic acids is 1. The lowest BCUT2D eigenvalue weighted by atomic mass is 10.0. The first kappa shape index (κ1) is 20.4. The average Bonchev–Trinajstić information content (AvgIpc) is 2.60. The Morgan fingerprint density at radius 1 is 1.23 bits per heavy atom. The Morgan fingerprint density at radius 3 is 2.38 bits per heavy atom. The zero-order valence-electron chi connectivity index (χ0n) is 15.3. The SMILES string of the molecule is CC1CCCN(S(=O)(=O)c2ccc(C(=O)NC(C)C(C)C(=O)O)cc2)C1. The molecule has 1 aromatic carbocycles. The van der Waals surface area contributed by atoms with Crippen molar-refractivity contribution in [3.05, 3.63) is 29.8 Å². The normalized spacial score (nSPS) is 21.0. The van der Waals surface area contributed by atoms with Crippen LogP contribution in [0, 0.1) is 11.8 Å².